The Balaban J connectivity index is 1.67. The number of nitrogens with zero attached hydrogens (tertiary/aromatic N) is 5. The summed E-state index contributed by atoms with van der Waals surface area (Å²) in [5.41, 5.74) is 3.77. The van der Waals surface area contributed by atoms with Crippen molar-refractivity contribution in [3.63, 3.8) is 0 Å². The molecule has 2 heterocycles. The molecule has 3 rings (SSSR count). The maximum absolute atomic E-state index is 12.5. The molecule has 0 fully saturated rings. The van der Waals surface area contributed by atoms with Gasteiger partial charge < -0.3 is 0 Å². The summed E-state index contributed by atoms with van der Waals surface area (Å²) in [4.78, 5) is 16.6. The highest BCUT2D eigenvalue weighted by molar-refractivity contribution is 6.31. The van der Waals surface area contributed by atoms with E-state index < -0.39 is 6.04 Å². The highest BCUT2D eigenvalue weighted by atomic mass is 35.5. The Bertz CT molecular complexity index is 928. The third-order valence-corrected chi connectivity index (χ3v) is 4.77. The monoisotopic (exact) mass is 372 g/mol. The van der Waals surface area contributed by atoms with E-state index in [2.05, 4.69) is 32.6 Å². The van der Waals surface area contributed by atoms with Crippen molar-refractivity contribution in [3.05, 3.63) is 58.1 Å². The molecule has 136 valence electrons. The van der Waals surface area contributed by atoms with Crippen LogP contribution in [0.25, 0.3) is 0 Å². The van der Waals surface area contributed by atoms with Gasteiger partial charge in [0.25, 0.3) is 5.91 Å². The molecule has 0 aliphatic rings. The Labute approximate surface area is 157 Å². The zero-order valence-electron chi connectivity index (χ0n) is 15.2. The van der Waals surface area contributed by atoms with Crippen LogP contribution in [0.15, 0.2) is 30.6 Å². The van der Waals surface area contributed by atoms with Crippen molar-refractivity contribution in [1.82, 2.24) is 24.5 Å². The van der Waals surface area contributed by atoms with E-state index in [1.165, 1.54) is 5.56 Å². The molecule has 1 unspecified atom stereocenters. The van der Waals surface area contributed by atoms with Gasteiger partial charge in [-0.1, -0.05) is 41.4 Å². The van der Waals surface area contributed by atoms with E-state index in [-0.39, 0.29) is 11.9 Å². The fourth-order valence-electron chi connectivity index (χ4n) is 2.65. The van der Waals surface area contributed by atoms with E-state index in [1.807, 2.05) is 32.9 Å². The third-order valence-electron chi connectivity index (χ3n) is 4.22. The first kappa shape index (κ1) is 18.1. The highest BCUT2D eigenvalue weighted by Crippen LogP contribution is 2.22. The van der Waals surface area contributed by atoms with Gasteiger partial charge in [0.2, 0.25) is 5.95 Å². The molecular formula is C18H21ClN6O. The van der Waals surface area contributed by atoms with Crippen molar-refractivity contribution in [2.45, 2.75) is 40.3 Å². The first-order chi connectivity index (χ1) is 12.3. The van der Waals surface area contributed by atoms with E-state index >= 15 is 0 Å². The van der Waals surface area contributed by atoms with E-state index in [1.54, 1.807) is 22.6 Å². The van der Waals surface area contributed by atoms with Gasteiger partial charge in [0.1, 0.15) is 12.4 Å². The molecule has 2 aromatic heterocycles. The summed E-state index contributed by atoms with van der Waals surface area (Å²) in [6, 6.07) is 7.67. The zero-order valence-corrected chi connectivity index (χ0v) is 15.9. The summed E-state index contributed by atoms with van der Waals surface area (Å²) >= 11 is 6.15. The summed E-state index contributed by atoms with van der Waals surface area (Å²) in [5, 5.41) is 11.9. The average molecular weight is 373 g/mol. The van der Waals surface area contributed by atoms with Crippen molar-refractivity contribution < 1.29 is 4.79 Å². The molecule has 0 saturated carbocycles. The second kappa shape index (κ2) is 7.29. The lowest BCUT2D eigenvalue weighted by atomic mass is 10.1. The molecule has 1 N–H and O–H groups in total. The van der Waals surface area contributed by atoms with Crippen LogP contribution in [0.2, 0.25) is 5.02 Å². The van der Waals surface area contributed by atoms with Crippen molar-refractivity contribution in [2.24, 2.45) is 0 Å². The Hall–Kier alpha value is -2.67. The maximum atomic E-state index is 12.5. The largest absolute Gasteiger partial charge is 0.291 e. The molecule has 0 aliphatic carbocycles. The van der Waals surface area contributed by atoms with Gasteiger partial charge in [-0.2, -0.15) is 5.10 Å². The number of anilines is 1. The van der Waals surface area contributed by atoms with E-state index in [0.717, 1.165) is 11.3 Å². The van der Waals surface area contributed by atoms with E-state index in [0.29, 0.717) is 17.3 Å². The minimum Gasteiger partial charge on any atom is -0.291 e. The van der Waals surface area contributed by atoms with Crippen LogP contribution >= 0.6 is 11.6 Å². The molecule has 26 heavy (non-hydrogen) atoms. The quantitative estimate of drug-likeness (QED) is 0.745. The zero-order chi connectivity index (χ0) is 18.8. The Morgan fingerprint density at radius 3 is 2.50 bits per heavy atom. The van der Waals surface area contributed by atoms with E-state index in [9.17, 15) is 4.79 Å². The van der Waals surface area contributed by atoms with Crippen LogP contribution in [0.1, 0.15) is 35.5 Å². The summed E-state index contributed by atoms with van der Waals surface area (Å²) in [5.74, 6) is 0.0157. The molecule has 0 aliphatic heterocycles. The summed E-state index contributed by atoms with van der Waals surface area (Å²) in [6.07, 6.45) is 1.60. The fourth-order valence-corrected chi connectivity index (χ4v) is 2.78. The molecular weight excluding hydrogens is 352 g/mol. The van der Waals surface area contributed by atoms with Gasteiger partial charge >= 0.3 is 0 Å². The van der Waals surface area contributed by atoms with Crippen LogP contribution in [0.3, 0.4) is 0 Å². The van der Waals surface area contributed by atoms with Crippen molar-refractivity contribution in [3.8, 4) is 0 Å². The van der Waals surface area contributed by atoms with Crippen LogP contribution in [0.5, 0.6) is 0 Å². The molecule has 0 radical (unpaired) electrons. The lowest BCUT2D eigenvalue weighted by molar-refractivity contribution is -0.119. The highest BCUT2D eigenvalue weighted by Gasteiger charge is 2.21. The predicted octanol–water partition coefficient (Wildman–Crippen LogP) is 3.30. The number of halogens is 1. The molecule has 0 saturated heterocycles. The predicted molar refractivity (Wildman–Crippen MR) is 100 cm³/mol. The van der Waals surface area contributed by atoms with Crippen LogP contribution in [0, 0.1) is 20.8 Å². The Morgan fingerprint density at radius 2 is 1.88 bits per heavy atom. The van der Waals surface area contributed by atoms with Crippen molar-refractivity contribution in [2.75, 3.05) is 5.32 Å². The molecule has 0 spiro atoms. The third kappa shape index (κ3) is 3.77. The standard InChI is InChI=1S/C18H21ClN6O/c1-11-5-7-15(8-6-11)9-24-10-20-18(23-24)21-17(26)14(4)25-13(3)16(19)12(2)22-25/h5-8,10,14H,9H2,1-4H3,(H,21,23,26). The molecule has 8 heteroatoms. The number of hydrogen-bond acceptors (Lipinski definition) is 4. The number of carbonyl (C=O) groups excluding carboxylic acids is 1. The van der Waals surface area contributed by atoms with E-state index in [4.69, 9.17) is 11.6 Å². The summed E-state index contributed by atoms with van der Waals surface area (Å²) in [6.45, 7) is 8.04. The number of hydrogen-bond donors (Lipinski definition) is 1. The number of benzene rings is 1. The number of carbonyl (C=O) groups is 1. The smallest absolute Gasteiger partial charge is 0.251 e. The molecule has 1 amide bonds. The van der Waals surface area contributed by atoms with Gasteiger partial charge in [-0.05, 0) is 33.3 Å². The molecule has 3 aromatic rings. The number of amides is 1. The van der Waals surface area contributed by atoms with Gasteiger partial charge in [-0.15, -0.1) is 5.10 Å². The van der Waals surface area contributed by atoms with Crippen LogP contribution in [-0.2, 0) is 11.3 Å². The Morgan fingerprint density at radius 1 is 1.19 bits per heavy atom. The SMILES string of the molecule is Cc1ccc(Cn2cnc(NC(=O)C(C)n3nc(C)c(Cl)c3C)n2)cc1. The van der Waals surface area contributed by atoms with Crippen LogP contribution in [0.4, 0.5) is 5.95 Å². The normalized spacial score (nSPS) is 12.2. The lowest BCUT2D eigenvalue weighted by Crippen LogP contribution is -2.25. The fraction of sp³-hybridized carbons (Fsp3) is 0.333. The summed E-state index contributed by atoms with van der Waals surface area (Å²) in [7, 11) is 0. The summed E-state index contributed by atoms with van der Waals surface area (Å²) < 4.78 is 3.29. The number of aromatic nitrogens is 5. The average Bonchev–Trinajstić information content (AvgIpc) is 3.15. The minimum atomic E-state index is -0.523. The van der Waals surface area contributed by atoms with Crippen LogP contribution < -0.4 is 5.32 Å². The second-order valence-electron chi connectivity index (χ2n) is 6.35. The first-order valence-corrected chi connectivity index (χ1v) is 8.70. The van der Waals surface area contributed by atoms with Gasteiger partial charge in [0.05, 0.1) is 23.0 Å². The molecule has 1 atom stereocenters. The second-order valence-corrected chi connectivity index (χ2v) is 6.72. The number of aryl methyl sites for hydroxylation is 2. The number of nitrogens with one attached hydrogen (secondary N) is 1. The van der Waals surface area contributed by atoms with Crippen molar-refractivity contribution >= 4 is 23.5 Å². The van der Waals surface area contributed by atoms with Crippen molar-refractivity contribution in [1.29, 1.82) is 0 Å². The topological polar surface area (TPSA) is 77.6 Å². The van der Waals surface area contributed by atoms with Gasteiger partial charge in [-0.3, -0.25) is 14.8 Å². The first-order valence-electron chi connectivity index (χ1n) is 8.32. The lowest BCUT2D eigenvalue weighted by Gasteiger charge is -2.12. The maximum Gasteiger partial charge on any atom is 0.251 e. The minimum absolute atomic E-state index is 0.250. The van der Waals surface area contributed by atoms with Gasteiger partial charge in [-0.25, -0.2) is 9.67 Å². The Kier molecular flexibility index (Phi) is 5.08. The van der Waals surface area contributed by atoms with Crippen LogP contribution in [-0.4, -0.2) is 30.5 Å². The molecule has 7 nitrogen and oxygen atoms in total. The molecule has 1 aromatic carbocycles. The van der Waals surface area contributed by atoms with Gasteiger partial charge in [0, 0.05) is 0 Å². The number of rotatable bonds is 5. The molecule has 0 bridgehead atoms. The van der Waals surface area contributed by atoms with Gasteiger partial charge in [0.15, 0.2) is 0 Å².